The van der Waals surface area contributed by atoms with E-state index >= 15 is 0 Å². The van der Waals surface area contributed by atoms with Crippen LogP contribution in [0.3, 0.4) is 0 Å². The van der Waals surface area contributed by atoms with Gasteiger partial charge in [-0.1, -0.05) is 6.07 Å². The summed E-state index contributed by atoms with van der Waals surface area (Å²) in [6.45, 7) is 3.27. The molecular weight excluding hydrogens is 230 g/mol. The van der Waals surface area contributed by atoms with Crippen molar-refractivity contribution >= 4 is 11.8 Å². The Kier molecular flexibility index (Phi) is 4.42. The Labute approximate surface area is 108 Å². The number of likely N-dealkylation sites (N-methyl/N-ethyl adjacent to an activating group) is 2. The van der Waals surface area contributed by atoms with Gasteiger partial charge in [0.25, 0.3) is 0 Å². The van der Waals surface area contributed by atoms with Crippen molar-refractivity contribution in [3.63, 3.8) is 0 Å². The fourth-order valence-corrected chi connectivity index (χ4v) is 3.66. The van der Waals surface area contributed by atoms with Gasteiger partial charge in [0.2, 0.25) is 0 Å². The molecule has 1 aromatic rings. The molecule has 0 aliphatic carbocycles. The average molecular weight is 251 g/mol. The van der Waals surface area contributed by atoms with E-state index in [0.717, 1.165) is 0 Å². The van der Waals surface area contributed by atoms with Crippen LogP contribution in [0.2, 0.25) is 0 Å². The lowest BCUT2D eigenvalue weighted by Crippen LogP contribution is -2.47. The first kappa shape index (κ1) is 12.9. The van der Waals surface area contributed by atoms with E-state index in [1.54, 1.807) is 0 Å². The van der Waals surface area contributed by atoms with Gasteiger partial charge < -0.3 is 5.32 Å². The highest BCUT2D eigenvalue weighted by atomic mass is 32.2. The predicted molar refractivity (Wildman–Crippen MR) is 74.5 cm³/mol. The molecule has 1 N–H and O–H groups in total. The monoisotopic (exact) mass is 251 g/mol. The summed E-state index contributed by atoms with van der Waals surface area (Å²) in [5.41, 5.74) is 2.53. The summed E-state index contributed by atoms with van der Waals surface area (Å²) >= 11 is 2.05. The van der Waals surface area contributed by atoms with Crippen molar-refractivity contribution in [3.8, 4) is 0 Å². The minimum absolute atomic E-state index is 0.375. The van der Waals surface area contributed by atoms with E-state index < -0.39 is 0 Å². The Morgan fingerprint density at radius 2 is 2.35 bits per heavy atom. The minimum atomic E-state index is 0.375. The fourth-order valence-electron chi connectivity index (χ4n) is 2.39. The largest absolute Gasteiger partial charge is 0.312 e. The van der Waals surface area contributed by atoms with Crippen LogP contribution in [0.4, 0.5) is 0 Å². The SMILES string of the molecule is CNC(c1cncc(C)c1)C1CSCCN1C. The van der Waals surface area contributed by atoms with Crippen LogP contribution >= 0.6 is 11.8 Å². The summed E-state index contributed by atoms with van der Waals surface area (Å²) in [7, 11) is 4.26. The molecule has 1 saturated heterocycles. The van der Waals surface area contributed by atoms with Gasteiger partial charge in [-0.15, -0.1) is 0 Å². The second-order valence-electron chi connectivity index (χ2n) is 4.68. The fraction of sp³-hybridized carbons (Fsp3) is 0.615. The van der Waals surface area contributed by atoms with Gasteiger partial charge in [0.15, 0.2) is 0 Å². The molecule has 17 heavy (non-hydrogen) atoms. The third kappa shape index (κ3) is 3.00. The van der Waals surface area contributed by atoms with Crippen LogP contribution in [-0.2, 0) is 0 Å². The first-order valence-electron chi connectivity index (χ1n) is 6.09. The maximum atomic E-state index is 4.31. The zero-order valence-electron chi connectivity index (χ0n) is 10.8. The number of pyridine rings is 1. The Balaban J connectivity index is 2.20. The molecule has 4 heteroatoms. The molecule has 0 amide bonds. The second-order valence-corrected chi connectivity index (χ2v) is 5.83. The highest BCUT2D eigenvalue weighted by molar-refractivity contribution is 7.99. The third-order valence-electron chi connectivity index (χ3n) is 3.39. The quantitative estimate of drug-likeness (QED) is 0.885. The maximum absolute atomic E-state index is 4.31. The molecule has 0 aromatic carbocycles. The van der Waals surface area contributed by atoms with Crippen LogP contribution in [0, 0.1) is 6.92 Å². The molecule has 3 nitrogen and oxygen atoms in total. The summed E-state index contributed by atoms with van der Waals surface area (Å²) in [5, 5.41) is 3.45. The van der Waals surface area contributed by atoms with Gasteiger partial charge in [0.1, 0.15) is 0 Å². The Bertz CT molecular complexity index is 369. The van der Waals surface area contributed by atoms with Crippen LogP contribution in [0.5, 0.6) is 0 Å². The molecule has 1 aliphatic heterocycles. The van der Waals surface area contributed by atoms with E-state index in [9.17, 15) is 0 Å². The van der Waals surface area contributed by atoms with Gasteiger partial charge in [-0.2, -0.15) is 11.8 Å². The van der Waals surface area contributed by atoms with Gasteiger partial charge in [-0.05, 0) is 32.1 Å². The molecule has 1 aliphatic rings. The van der Waals surface area contributed by atoms with Crippen molar-refractivity contribution in [1.82, 2.24) is 15.2 Å². The van der Waals surface area contributed by atoms with E-state index in [-0.39, 0.29) is 0 Å². The van der Waals surface area contributed by atoms with Gasteiger partial charge >= 0.3 is 0 Å². The summed E-state index contributed by atoms with van der Waals surface area (Å²) in [6.07, 6.45) is 3.90. The second kappa shape index (κ2) is 5.85. The first-order valence-corrected chi connectivity index (χ1v) is 7.24. The molecule has 2 rings (SSSR count). The Morgan fingerprint density at radius 3 is 3.00 bits per heavy atom. The lowest BCUT2D eigenvalue weighted by molar-refractivity contribution is 0.221. The van der Waals surface area contributed by atoms with Gasteiger partial charge in [-0.25, -0.2) is 0 Å². The standard InChI is InChI=1S/C13H21N3S/c1-10-6-11(8-15-7-10)13(14-2)12-9-17-5-4-16(12)3/h6-8,12-14H,4-5,9H2,1-3H3. The normalized spacial score (nSPS) is 23.6. The summed E-state index contributed by atoms with van der Waals surface area (Å²) in [6, 6.07) is 3.17. The highest BCUT2D eigenvalue weighted by Gasteiger charge is 2.28. The van der Waals surface area contributed by atoms with Gasteiger partial charge in [0.05, 0.1) is 0 Å². The van der Waals surface area contributed by atoms with E-state index in [0.29, 0.717) is 12.1 Å². The van der Waals surface area contributed by atoms with Crippen molar-refractivity contribution in [1.29, 1.82) is 0 Å². The Hall–Kier alpha value is -0.580. The summed E-state index contributed by atoms with van der Waals surface area (Å²) in [5.74, 6) is 2.44. The van der Waals surface area contributed by atoms with Crippen LogP contribution in [0.15, 0.2) is 18.5 Å². The molecule has 0 spiro atoms. The number of thioether (sulfide) groups is 1. The molecule has 1 fully saturated rings. The summed E-state index contributed by atoms with van der Waals surface area (Å²) in [4.78, 5) is 6.77. The molecule has 2 unspecified atom stereocenters. The first-order chi connectivity index (χ1) is 8.22. The predicted octanol–water partition coefficient (Wildman–Crippen LogP) is 1.70. The van der Waals surface area contributed by atoms with E-state index in [4.69, 9.17) is 0 Å². The molecule has 2 atom stereocenters. The van der Waals surface area contributed by atoms with E-state index in [2.05, 4.69) is 35.2 Å². The average Bonchev–Trinajstić information content (AvgIpc) is 2.33. The molecule has 0 radical (unpaired) electrons. The van der Waals surface area contributed by atoms with Gasteiger partial charge in [-0.3, -0.25) is 9.88 Å². The number of aromatic nitrogens is 1. The molecular formula is C13H21N3S. The zero-order valence-corrected chi connectivity index (χ0v) is 11.6. The topological polar surface area (TPSA) is 28.2 Å². The van der Waals surface area contributed by atoms with E-state index in [1.807, 2.05) is 31.2 Å². The molecule has 94 valence electrons. The van der Waals surface area contributed by atoms with Crippen LogP contribution < -0.4 is 5.32 Å². The lowest BCUT2D eigenvalue weighted by atomic mass is 10.00. The number of rotatable bonds is 3. The van der Waals surface area contributed by atoms with Crippen molar-refractivity contribution in [3.05, 3.63) is 29.6 Å². The van der Waals surface area contributed by atoms with Gasteiger partial charge in [0, 0.05) is 42.5 Å². The number of hydrogen-bond donors (Lipinski definition) is 1. The van der Waals surface area contributed by atoms with Crippen LogP contribution in [-0.4, -0.2) is 48.1 Å². The van der Waals surface area contributed by atoms with Crippen molar-refractivity contribution in [2.24, 2.45) is 0 Å². The van der Waals surface area contributed by atoms with Crippen LogP contribution in [0.25, 0.3) is 0 Å². The number of aryl methyl sites for hydroxylation is 1. The number of nitrogens with zero attached hydrogens (tertiary/aromatic N) is 2. The smallest absolute Gasteiger partial charge is 0.0499 e. The molecule has 0 saturated carbocycles. The van der Waals surface area contributed by atoms with Crippen molar-refractivity contribution in [2.45, 2.75) is 19.0 Å². The zero-order chi connectivity index (χ0) is 12.3. The molecule has 2 heterocycles. The number of nitrogens with one attached hydrogen (secondary N) is 1. The Morgan fingerprint density at radius 1 is 1.53 bits per heavy atom. The lowest BCUT2D eigenvalue weighted by Gasteiger charge is -2.37. The third-order valence-corrected chi connectivity index (χ3v) is 4.44. The minimum Gasteiger partial charge on any atom is -0.312 e. The maximum Gasteiger partial charge on any atom is 0.0499 e. The highest BCUT2D eigenvalue weighted by Crippen LogP contribution is 2.26. The number of hydrogen-bond acceptors (Lipinski definition) is 4. The summed E-state index contributed by atoms with van der Waals surface area (Å²) < 4.78 is 0. The van der Waals surface area contributed by atoms with Crippen molar-refractivity contribution in [2.75, 3.05) is 32.1 Å². The van der Waals surface area contributed by atoms with Crippen molar-refractivity contribution < 1.29 is 0 Å². The van der Waals surface area contributed by atoms with E-state index in [1.165, 1.54) is 29.2 Å². The van der Waals surface area contributed by atoms with Crippen LogP contribution in [0.1, 0.15) is 17.2 Å². The molecule has 1 aromatic heterocycles. The molecule has 0 bridgehead atoms.